The van der Waals surface area contributed by atoms with Gasteiger partial charge in [-0.1, -0.05) is 30.3 Å². The fourth-order valence-corrected chi connectivity index (χ4v) is 2.78. The quantitative estimate of drug-likeness (QED) is 0.732. The number of aromatic nitrogens is 2. The second kappa shape index (κ2) is 7.00. The summed E-state index contributed by atoms with van der Waals surface area (Å²) in [7, 11) is 1.81. The van der Waals surface area contributed by atoms with E-state index in [0.29, 0.717) is 16.9 Å². The van der Waals surface area contributed by atoms with Crippen LogP contribution >= 0.6 is 0 Å². The summed E-state index contributed by atoms with van der Waals surface area (Å²) in [5.74, 6) is -0.920. The summed E-state index contributed by atoms with van der Waals surface area (Å²) in [6.45, 7) is 5.23. The molecule has 0 saturated heterocycles. The van der Waals surface area contributed by atoms with E-state index in [0.717, 1.165) is 16.5 Å². The van der Waals surface area contributed by atoms with E-state index >= 15 is 0 Å². The first-order chi connectivity index (χ1) is 12.4. The van der Waals surface area contributed by atoms with E-state index in [-0.39, 0.29) is 0 Å². The first-order valence-electron chi connectivity index (χ1n) is 8.37. The summed E-state index contributed by atoms with van der Waals surface area (Å²) in [6, 6.07) is 13.1. The van der Waals surface area contributed by atoms with Crippen LogP contribution in [0.3, 0.4) is 0 Å². The molecule has 0 unspecified atom stereocenters. The molecule has 3 rings (SSSR count). The maximum Gasteiger partial charge on any atom is 0.338 e. The maximum atomic E-state index is 12.4. The minimum Gasteiger partial charge on any atom is -0.449 e. The van der Waals surface area contributed by atoms with Crippen LogP contribution < -0.4 is 5.32 Å². The summed E-state index contributed by atoms with van der Waals surface area (Å²) in [4.78, 5) is 24.8. The average Bonchev–Trinajstić information content (AvgIpc) is 2.87. The standard InChI is InChI=1S/C20H21N3O3/c1-12-18(13(2)23(4)22-12)21-19(24)14(3)26-20(25)17-10-9-15-7-5-6-8-16(15)11-17/h5-11,14H,1-4H3,(H,21,24)/t14-/m1/s1. The lowest BCUT2D eigenvalue weighted by Gasteiger charge is -2.14. The number of carbonyl (C=O) groups is 2. The lowest BCUT2D eigenvalue weighted by Crippen LogP contribution is -2.30. The number of carbonyl (C=O) groups excluding carboxylic acids is 2. The summed E-state index contributed by atoms with van der Waals surface area (Å²) in [6.07, 6.45) is -0.923. The van der Waals surface area contributed by atoms with Crippen molar-refractivity contribution in [2.24, 2.45) is 7.05 Å². The van der Waals surface area contributed by atoms with E-state index in [1.54, 1.807) is 30.8 Å². The van der Waals surface area contributed by atoms with Crippen LogP contribution in [-0.2, 0) is 16.6 Å². The van der Waals surface area contributed by atoms with Gasteiger partial charge in [0.25, 0.3) is 5.91 Å². The van der Waals surface area contributed by atoms with Crippen LogP contribution in [0.25, 0.3) is 10.8 Å². The molecule has 0 fully saturated rings. The first-order valence-corrected chi connectivity index (χ1v) is 8.37. The number of nitrogens with zero attached hydrogens (tertiary/aromatic N) is 2. The summed E-state index contributed by atoms with van der Waals surface area (Å²) in [5.41, 5.74) is 2.61. The Morgan fingerprint density at radius 3 is 2.46 bits per heavy atom. The van der Waals surface area contributed by atoms with Gasteiger partial charge >= 0.3 is 5.97 Å². The van der Waals surface area contributed by atoms with Gasteiger partial charge < -0.3 is 10.1 Å². The number of rotatable bonds is 4. The lowest BCUT2D eigenvalue weighted by molar-refractivity contribution is -0.123. The molecule has 0 aliphatic heterocycles. The normalized spacial score (nSPS) is 12.0. The van der Waals surface area contributed by atoms with Crippen molar-refractivity contribution in [2.45, 2.75) is 26.9 Å². The zero-order valence-corrected chi connectivity index (χ0v) is 15.2. The molecule has 1 N–H and O–H groups in total. The molecule has 1 atom stereocenters. The van der Waals surface area contributed by atoms with E-state index in [1.165, 1.54) is 0 Å². The van der Waals surface area contributed by atoms with Crippen LogP contribution in [0.1, 0.15) is 28.7 Å². The molecule has 0 aliphatic rings. The summed E-state index contributed by atoms with van der Waals surface area (Å²) in [5, 5.41) is 9.02. The number of benzene rings is 2. The Morgan fingerprint density at radius 1 is 1.12 bits per heavy atom. The van der Waals surface area contributed by atoms with E-state index in [1.807, 2.05) is 44.2 Å². The molecule has 1 amide bonds. The van der Waals surface area contributed by atoms with Gasteiger partial charge in [0, 0.05) is 7.05 Å². The zero-order valence-electron chi connectivity index (χ0n) is 15.2. The molecule has 26 heavy (non-hydrogen) atoms. The van der Waals surface area contributed by atoms with Gasteiger partial charge in [0.05, 0.1) is 22.6 Å². The fourth-order valence-electron chi connectivity index (χ4n) is 2.78. The second-order valence-electron chi connectivity index (χ2n) is 6.27. The lowest BCUT2D eigenvalue weighted by atomic mass is 10.1. The Balaban J connectivity index is 1.70. The van der Waals surface area contributed by atoms with Crippen LogP contribution in [0.5, 0.6) is 0 Å². The minimum atomic E-state index is -0.923. The number of ether oxygens (including phenoxy) is 1. The van der Waals surface area contributed by atoms with E-state index in [2.05, 4.69) is 10.4 Å². The predicted molar refractivity (Wildman–Crippen MR) is 100 cm³/mol. The summed E-state index contributed by atoms with van der Waals surface area (Å²) < 4.78 is 7.02. The molecular weight excluding hydrogens is 330 g/mol. The minimum absolute atomic E-state index is 0.390. The third-order valence-corrected chi connectivity index (χ3v) is 4.40. The molecule has 134 valence electrons. The summed E-state index contributed by atoms with van der Waals surface area (Å²) >= 11 is 0. The highest BCUT2D eigenvalue weighted by molar-refractivity contribution is 5.99. The third-order valence-electron chi connectivity index (χ3n) is 4.40. The van der Waals surface area contributed by atoms with Gasteiger partial charge in [0.2, 0.25) is 0 Å². The van der Waals surface area contributed by atoms with Gasteiger partial charge in [-0.2, -0.15) is 5.10 Å². The largest absolute Gasteiger partial charge is 0.449 e. The Morgan fingerprint density at radius 2 is 1.81 bits per heavy atom. The number of hydrogen-bond acceptors (Lipinski definition) is 4. The second-order valence-corrected chi connectivity index (χ2v) is 6.27. The van der Waals surface area contributed by atoms with Crippen molar-refractivity contribution in [1.82, 2.24) is 9.78 Å². The van der Waals surface area contributed by atoms with E-state index < -0.39 is 18.0 Å². The Hall–Kier alpha value is -3.15. The number of hydrogen-bond donors (Lipinski definition) is 1. The molecule has 0 bridgehead atoms. The SMILES string of the molecule is Cc1nn(C)c(C)c1NC(=O)[C@@H](C)OC(=O)c1ccc2ccccc2c1. The number of amides is 1. The predicted octanol–water partition coefficient (Wildman–Crippen LogP) is 3.37. The van der Waals surface area contributed by atoms with Crippen LogP contribution in [0, 0.1) is 13.8 Å². The van der Waals surface area contributed by atoms with Gasteiger partial charge in [0.15, 0.2) is 6.10 Å². The van der Waals surface area contributed by atoms with Crippen molar-refractivity contribution in [2.75, 3.05) is 5.32 Å². The number of aryl methyl sites for hydroxylation is 2. The number of fused-ring (bicyclic) bond motifs is 1. The van der Waals surface area contributed by atoms with Crippen molar-refractivity contribution in [3.05, 3.63) is 59.4 Å². The van der Waals surface area contributed by atoms with Crippen LogP contribution in [0.2, 0.25) is 0 Å². The van der Waals surface area contributed by atoms with Crippen molar-refractivity contribution in [3.8, 4) is 0 Å². The molecule has 1 heterocycles. The molecule has 0 spiro atoms. The van der Waals surface area contributed by atoms with Crippen LogP contribution in [0.4, 0.5) is 5.69 Å². The van der Waals surface area contributed by atoms with Crippen LogP contribution in [-0.4, -0.2) is 27.8 Å². The fraction of sp³-hybridized carbons (Fsp3) is 0.250. The molecular formula is C20H21N3O3. The number of anilines is 1. The maximum absolute atomic E-state index is 12.4. The van der Waals surface area contributed by atoms with Crippen LogP contribution in [0.15, 0.2) is 42.5 Å². The van der Waals surface area contributed by atoms with Gasteiger partial charge in [-0.25, -0.2) is 4.79 Å². The Bertz CT molecular complexity index is 991. The number of esters is 1. The topological polar surface area (TPSA) is 73.2 Å². The monoisotopic (exact) mass is 351 g/mol. The molecule has 0 aliphatic carbocycles. The molecule has 2 aromatic carbocycles. The zero-order chi connectivity index (χ0) is 18.8. The van der Waals surface area contributed by atoms with E-state index in [4.69, 9.17) is 4.74 Å². The highest BCUT2D eigenvalue weighted by Crippen LogP contribution is 2.20. The van der Waals surface area contributed by atoms with Gasteiger partial charge in [-0.05, 0) is 43.7 Å². The molecule has 6 nitrogen and oxygen atoms in total. The molecule has 0 radical (unpaired) electrons. The molecule has 3 aromatic rings. The highest BCUT2D eigenvalue weighted by Gasteiger charge is 2.21. The van der Waals surface area contributed by atoms with Crippen molar-refractivity contribution in [1.29, 1.82) is 0 Å². The average molecular weight is 351 g/mol. The smallest absolute Gasteiger partial charge is 0.338 e. The number of nitrogens with one attached hydrogen (secondary N) is 1. The van der Waals surface area contributed by atoms with Crippen molar-refractivity contribution >= 4 is 28.3 Å². The first kappa shape index (κ1) is 17.7. The molecule has 0 saturated carbocycles. The molecule has 1 aromatic heterocycles. The van der Waals surface area contributed by atoms with Crippen molar-refractivity contribution < 1.29 is 14.3 Å². The van der Waals surface area contributed by atoms with Gasteiger partial charge in [-0.15, -0.1) is 0 Å². The Kier molecular flexibility index (Phi) is 4.75. The van der Waals surface area contributed by atoms with Gasteiger partial charge in [-0.3, -0.25) is 9.48 Å². The third kappa shape index (κ3) is 3.44. The Labute approximate surface area is 151 Å². The molecule has 6 heteroatoms. The van der Waals surface area contributed by atoms with E-state index in [9.17, 15) is 9.59 Å². The van der Waals surface area contributed by atoms with Gasteiger partial charge in [0.1, 0.15) is 0 Å². The van der Waals surface area contributed by atoms with Crippen molar-refractivity contribution in [3.63, 3.8) is 0 Å². The highest BCUT2D eigenvalue weighted by atomic mass is 16.5.